The molecular formula is C24H17Cl2F4N3O2. The molecule has 0 bridgehead atoms. The maximum absolute atomic E-state index is 14.4. The van der Waals surface area contributed by atoms with E-state index >= 15 is 0 Å². The van der Waals surface area contributed by atoms with E-state index in [2.05, 4.69) is 5.10 Å². The number of rotatable bonds is 6. The molecule has 182 valence electrons. The summed E-state index contributed by atoms with van der Waals surface area (Å²) in [6.45, 7) is -1.29. The van der Waals surface area contributed by atoms with E-state index in [1.807, 2.05) is 0 Å². The monoisotopic (exact) mass is 525 g/mol. The van der Waals surface area contributed by atoms with Gasteiger partial charge in [-0.1, -0.05) is 41.4 Å². The highest BCUT2D eigenvalue weighted by molar-refractivity contribution is 6.33. The smallest absolute Gasteiger partial charge is 0.382 e. The topological polar surface area (TPSA) is 60.0 Å². The summed E-state index contributed by atoms with van der Waals surface area (Å²) in [5, 5.41) is 14.6. The first-order chi connectivity index (χ1) is 16.5. The molecule has 0 saturated heterocycles. The second-order valence-corrected chi connectivity index (χ2v) is 8.61. The van der Waals surface area contributed by atoms with Crippen LogP contribution >= 0.6 is 23.2 Å². The van der Waals surface area contributed by atoms with Crippen molar-refractivity contribution in [2.24, 2.45) is 0 Å². The SMILES string of the molecule is O=c1n(Cc2cc(F)cc(-c3ccccc3Cl)c2)nc(-c2ccc(Cl)cc2)n1CC(O)C(F)(F)F. The molecule has 1 aromatic heterocycles. The van der Waals surface area contributed by atoms with Crippen LogP contribution in [0.3, 0.4) is 0 Å². The van der Waals surface area contributed by atoms with Gasteiger partial charge in [0.05, 0.1) is 13.1 Å². The van der Waals surface area contributed by atoms with Gasteiger partial charge in [0.1, 0.15) is 5.82 Å². The third-order valence-corrected chi connectivity index (χ3v) is 5.81. The number of hydrogen-bond donors (Lipinski definition) is 1. The van der Waals surface area contributed by atoms with Crippen molar-refractivity contribution in [1.82, 2.24) is 14.3 Å². The largest absolute Gasteiger partial charge is 0.416 e. The zero-order valence-electron chi connectivity index (χ0n) is 17.8. The van der Waals surface area contributed by atoms with Crippen molar-refractivity contribution in [3.8, 4) is 22.5 Å². The Labute approximate surface area is 206 Å². The predicted molar refractivity (Wildman–Crippen MR) is 125 cm³/mol. The van der Waals surface area contributed by atoms with Gasteiger partial charge in [0.25, 0.3) is 0 Å². The summed E-state index contributed by atoms with van der Waals surface area (Å²) in [7, 11) is 0. The Hall–Kier alpha value is -3.14. The van der Waals surface area contributed by atoms with Crippen molar-refractivity contribution < 1.29 is 22.7 Å². The number of alkyl halides is 3. The molecule has 0 saturated carbocycles. The van der Waals surface area contributed by atoms with Crippen LogP contribution in [0.2, 0.25) is 10.0 Å². The van der Waals surface area contributed by atoms with E-state index in [0.717, 1.165) is 9.25 Å². The number of hydrogen-bond acceptors (Lipinski definition) is 3. The van der Waals surface area contributed by atoms with Gasteiger partial charge >= 0.3 is 11.9 Å². The van der Waals surface area contributed by atoms with Crippen LogP contribution in [0.5, 0.6) is 0 Å². The van der Waals surface area contributed by atoms with Gasteiger partial charge < -0.3 is 5.11 Å². The van der Waals surface area contributed by atoms with Crippen LogP contribution < -0.4 is 5.69 Å². The van der Waals surface area contributed by atoms with Crippen molar-refractivity contribution in [3.05, 3.63) is 98.6 Å². The zero-order chi connectivity index (χ0) is 25.3. The summed E-state index contributed by atoms with van der Waals surface area (Å²) in [5.74, 6) is -0.687. The first-order valence-corrected chi connectivity index (χ1v) is 11.0. The van der Waals surface area contributed by atoms with Gasteiger partial charge in [-0.05, 0) is 59.7 Å². The standard InChI is InChI=1S/C24H17Cl2F4N3O2/c25-17-7-5-15(6-8-17)22-31-33(23(35)32(22)13-21(34)24(28,29)30)12-14-9-16(11-18(27)10-14)19-3-1-2-4-20(19)26/h1-11,21,34H,12-13H2. The zero-order valence-corrected chi connectivity index (χ0v) is 19.3. The number of nitrogens with zero attached hydrogens (tertiary/aromatic N) is 3. The molecule has 35 heavy (non-hydrogen) atoms. The molecule has 11 heteroatoms. The molecule has 1 unspecified atom stereocenters. The third-order valence-electron chi connectivity index (χ3n) is 5.23. The quantitative estimate of drug-likeness (QED) is 0.324. The molecule has 0 radical (unpaired) electrons. The van der Waals surface area contributed by atoms with Crippen molar-refractivity contribution in [2.75, 3.05) is 0 Å². The fraction of sp³-hybridized carbons (Fsp3) is 0.167. The molecule has 4 rings (SSSR count). The molecule has 0 aliphatic heterocycles. The fourth-order valence-electron chi connectivity index (χ4n) is 3.56. The number of aliphatic hydroxyl groups is 1. The van der Waals surface area contributed by atoms with E-state index in [1.54, 1.807) is 30.3 Å². The molecule has 0 aliphatic carbocycles. The van der Waals surface area contributed by atoms with E-state index in [4.69, 9.17) is 23.2 Å². The highest BCUT2D eigenvalue weighted by Gasteiger charge is 2.39. The number of halogens is 6. The van der Waals surface area contributed by atoms with Crippen LogP contribution in [-0.4, -0.2) is 31.7 Å². The van der Waals surface area contributed by atoms with Gasteiger partial charge in [-0.15, -0.1) is 5.10 Å². The Morgan fingerprint density at radius 3 is 2.31 bits per heavy atom. The lowest BCUT2D eigenvalue weighted by Crippen LogP contribution is -2.37. The minimum Gasteiger partial charge on any atom is -0.382 e. The fourth-order valence-corrected chi connectivity index (χ4v) is 3.93. The van der Waals surface area contributed by atoms with E-state index in [1.165, 1.54) is 36.4 Å². The molecule has 0 fully saturated rings. The van der Waals surface area contributed by atoms with Gasteiger partial charge in [-0.3, -0.25) is 4.57 Å². The summed E-state index contributed by atoms with van der Waals surface area (Å²) in [5.41, 5.74) is 0.787. The second-order valence-electron chi connectivity index (χ2n) is 7.77. The van der Waals surface area contributed by atoms with Gasteiger partial charge in [-0.2, -0.15) is 13.2 Å². The molecule has 0 aliphatic rings. The van der Waals surface area contributed by atoms with Gasteiger partial charge in [0, 0.05) is 21.2 Å². The normalized spacial score (nSPS) is 12.7. The van der Waals surface area contributed by atoms with Crippen LogP contribution in [0.4, 0.5) is 17.6 Å². The highest BCUT2D eigenvalue weighted by Crippen LogP contribution is 2.29. The maximum atomic E-state index is 14.4. The van der Waals surface area contributed by atoms with E-state index in [9.17, 15) is 27.5 Å². The summed E-state index contributed by atoms with van der Waals surface area (Å²) in [6, 6.07) is 16.9. The molecular weight excluding hydrogens is 509 g/mol. The molecule has 1 atom stereocenters. The minimum atomic E-state index is -4.94. The molecule has 0 spiro atoms. The van der Waals surface area contributed by atoms with Crippen LogP contribution in [0, 0.1) is 5.82 Å². The van der Waals surface area contributed by atoms with E-state index in [0.29, 0.717) is 32.3 Å². The van der Waals surface area contributed by atoms with Crippen molar-refractivity contribution in [3.63, 3.8) is 0 Å². The summed E-state index contributed by atoms with van der Waals surface area (Å²) in [6.07, 6.45) is -7.73. The van der Waals surface area contributed by atoms with Crippen LogP contribution in [0.15, 0.2) is 71.5 Å². The number of aliphatic hydroxyl groups excluding tert-OH is 1. The lowest BCUT2D eigenvalue weighted by atomic mass is 10.0. The number of benzene rings is 3. The first-order valence-electron chi connectivity index (χ1n) is 10.3. The van der Waals surface area contributed by atoms with Crippen LogP contribution in [-0.2, 0) is 13.1 Å². The first kappa shape index (κ1) is 25.0. The van der Waals surface area contributed by atoms with Gasteiger partial charge in [0.2, 0.25) is 0 Å². The van der Waals surface area contributed by atoms with Crippen molar-refractivity contribution in [1.29, 1.82) is 0 Å². The summed E-state index contributed by atoms with van der Waals surface area (Å²) < 4.78 is 55.1. The molecule has 3 aromatic carbocycles. The summed E-state index contributed by atoms with van der Waals surface area (Å²) in [4.78, 5) is 13.0. The van der Waals surface area contributed by atoms with Crippen LogP contribution in [0.1, 0.15) is 5.56 Å². The Bertz CT molecular complexity index is 1420. The second kappa shape index (κ2) is 9.85. The molecule has 1 heterocycles. The maximum Gasteiger partial charge on any atom is 0.416 e. The Kier molecular flexibility index (Phi) is 7.02. The Balaban J connectivity index is 1.77. The van der Waals surface area contributed by atoms with Gasteiger partial charge in [-0.25, -0.2) is 13.9 Å². The predicted octanol–water partition coefficient (Wildman–Crippen LogP) is 5.80. The lowest BCUT2D eigenvalue weighted by Gasteiger charge is -2.15. The average molecular weight is 526 g/mol. The Morgan fingerprint density at radius 1 is 0.971 bits per heavy atom. The van der Waals surface area contributed by atoms with Crippen molar-refractivity contribution >= 4 is 23.2 Å². The summed E-state index contributed by atoms with van der Waals surface area (Å²) >= 11 is 12.1. The highest BCUT2D eigenvalue weighted by atomic mass is 35.5. The Morgan fingerprint density at radius 2 is 1.66 bits per heavy atom. The van der Waals surface area contributed by atoms with Crippen molar-refractivity contribution in [2.45, 2.75) is 25.4 Å². The average Bonchev–Trinajstić information content (AvgIpc) is 3.08. The molecule has 1 N–H and O–H groups in total. The molecule has 0 amide bonds. The number of aromatic nitrogens is 3. The molecule has 5 nitrogen and oxygen atoms in total. The van der Waals surface area contributed by atoms with E-state index in [-0.39, 0.29) is 12.4 Å². The third kappa shape index (κ3) is 5.58. The van der Waals surface area contributed by atoms with Gasteiger partial charge in [0.15, 0.2) is 11.9 Å². The van der Waals surface area contributed by atoms with Crippen LogP contribution in [0.25, 0.3) is 22.5 Å². The van der Waals surface area contributed by atoms with E-state index < -0.39 is 30.3 Å². The lowest BCUT2D eigenvalue weighted by molar-refractivity contribution is -0.207. The molecule has 4 aromatic rings. The minimum absolute atomic E-state index is 0.0994.